The van der Waals surface area contributed by atoms with Gasteiger partial charge in [0.05, 0.1) is 20.9 Å². The number of hydrazine groups is 1. The van der Waals surface area contributed by atoms with Crippen LogP contribution in [-0.2, 0) is 21.1 Å². The number of thiazole rings is 1. The highest BCUT2D eigenvalue weighted by atomic mass is 32.2. The topological polar surface area (TPSA) is 88.2 Å². The summed E-state index contributed by atoms with van der Waals surface area (Å²) in [5.41, 5.74) is 7.31. The third-order valence-corrected chi connectivity index (χ3v) is 7.02. The second kappa shape index (κ2) is 9.32. The van der Waals surface area contributed by atoms with Crippen LogP contribution >= 0.6 is 11.3 Å². The Morgan fingerprint density at radius 3 is 2.66 bits per heavy atom. The summed E-state index contributed by atoms with van der Waals surface area (Å²) in [6, 6.07) is 10.7. The number of unbranched alkanes of at least 4 members (excludes halogenated alkanes) is 1. The normalized spacial score (nSPS) is 11.5. The number of amides is 1. The van der Waals surface area contributed by atoms with Crippen LogP contribution in [-0.4, -0.2) is 25.1 Å². The molecule has 3 aromatic rings. The molecule has 0 aliphatic heterocycles. The van der Waals surface area contributed by atoms with Crippen LogP contribution in [0.4, 0.5) is 9.52 Å². The summed E-state index contributed by atoms with van der Waals surface area (Å²) in [5.74, 6) is -1.36. The predicted octanol–water partition coefficient (Wildman–Crippen LogP) is 4.09. The minimum Gasteiger partial charge on any atom is -0.273 e. The van der Waals surface area contributed by atoms with E-state index in [2.05, 4.69) is 34.9 Å². The van der Waals surface area contributed by atoms with Gasteiger partial charge in [0.2, 0.25) is 11.0 Å². The van der Waals surface area contributed by atoms with E-state index in [1.54, 1.807) is 0 Å². The van der Waals surface area contributed by atoms with Crippen LogP contribution in [0.3, 0.4) is 0 Å². The smallest absolute Gasteiger partial charge is 0.239 e. The molecular formula is C20H22FN3O3S2. The Bertz CT molecular complexity index is 1100. The Morgan fingerprint density at radius 1 is 1.17 bits per heavy atom. The number of hydrogen-bond acceptors (Lipinski definition) is 6. The maximum atomic E-state index is 12.9. The number of carbonyl (C=O) groups excluding carboxylic acids is 1. The molecule has 3 rings (SSSR count). The quantitative estimate of drug-likeness (QED) is 0.390. The molecule has 2 N–H and O–H groups in total. The lowest BCUT2D eigenvalue weighted by Crippen LogP contribution is -2.30. The number of anilines is 1. The zero-order valence-corrected chi connectivity index (χ0v) is 17.6. The van der Waals surface area contributed by atoms with Crippen molar-refractivity contribution in [1.29, 1.82) is 0 Å². The van der Waals surface area contributed by atoms with Gasteiger partial charge in [-0.05, 0) is 54.8 Å². The minimum absolute atomic E-state index is 0.00953. The Labute approximate surface area is 173 Å². The minimum atomic E-state index is -3.66. The molecule has 2 aromatic carbocycles. The third-order valence-electron chi connectivity index (χ3n) is 4.35. The number of benzene rings is 2. The number of hydrogen-bond donors (Lipinski definition) is 2. The number of aryl methyl sites for hydroxylation is 1. The van der Waals surface area contributed by atoms with Crippen molar-refractivity contribution in [2.75, 3.05) is 11.2 Å². The number of carbonyl (C=O) groups is 1. The molecule has 0 aliphatic rings. The average molecular weight is 436 g/mol. The molecule has 0 saturated carbocycles. The van der Waals surface area contributed by atoms with E-state index in [4.69, 9.17) is 0 Å². The van der Waals surface area contributed by atoms with E-state index in [0.717, 1.165) is 41.6 Å². The predicted molar refractivity (Wildman–Crippen MR) is 113 cm³/mol. The first-order valence-corrected chi connectivity index (χ1v) is 11.8. The fraction of sp³-hybridized carbons (Fsp3) is 0.300. The number of fused-ring (bicyclic) bond motifs is 1. The highest BCUT2D eigenvalue weighted by Gasteiger charge is 2.16. The molecule has 9 heteroatoms. The molecule has 0 spiro atoms. The lowest BCUT2D eigenvalue weighted by atomic mass is 10.1. The van der Waals surface area contributed by atoms with Gasteiger partial charge in [-0.2, -0.15) is 0 Å². The Balaban J connectivity index is 1.54. The number of sulfone groups is 1. The maximum absolute atomic E-state index is 12.9. The molecule has 6 nitrogen and oxygen atoms in total. The molecule has 0 unspecified atom stereocenters. The van der Waals surface area contributed by atoms with E-state index >= 15 is 0 Å². The lowest BCUT2D eigenvalue weighted by Gasteiger charge is -2.06. The third kappa shape index (κ3) is 5.74. The highest BCUT2D eigenvalue weighted by molar-refractivity contribution is 7.91. The summed E-state index contributed by atoms with van der Waals surface area (Å²) in [4.78, 5) is 16.4. The SMILES string of the molecule is CCCCc1ccc2nc(NNC(=O)CCS(=O)(=O)c3ccc(F)cc3)sc2c1. The van der Waals surface area contributed by atoms with Gasteiger partial charge in [-0.3, -0.25) is 15.6 Å². The van der Waals surface area contributed by atoms with Gasteiger partial charge in [0.1, 0.15) is 5.82 Å². The van der Waals surface area contributed by atoms with Crippen LogP contribution in [0.25, 0.3) is 10.2 Å². The van der Waals surface area contributed by atoms with Gasteiger partial charge in [-0.25, -0.2) is 17.8 Å². The fourth-order valence-corrected chi connectivity index (χ4v) is 4.85. The van der Waals surface area contributed by atoms with E-state index in [0.29, 0.717) is 5.13 Å². The molecule has 0 radical (unpaired) electrons. The summed E-state index contributed by atoms with van der Waals surface area (Å²) >= 11 is 1.42. The van der Waals surface area contributed by atoms with E-state index < -0.39 is 21.6 Å². The Morgan fingerprint density at radius 2 is 1.93 bits per heavy atom. The monoisotopic (exact) mass is 435 g/mol. The summed E-state index contributed by atoms with van der Waals surface area (Å²) in [7, 11) is -3.66. The summed E-state index contributed by atoms with van der Waals surface area (Å²) < 4.78 is 38.4. The summed E-state index contributed by atoms with van der Waals surface area (Å²) in [6.45, 7) is 2.15. The first-order chi connectivity index (χ1) is 13.9. The van der Waals surface area contributed by atoms with Crippen molar-refractivity contribution in [3.63, 3.8) is 0 Å². The number of rotatable bonds is 9. The van der Waals surface area contributed by atoms with Crippen molar-refractivity contribution in [3.05, 3.63) is 53.8 Å². The van der Waals surface area contributed by atoms with Crippen LogP contribution in [0.2, 0.25) is 0 Å². The number of aromatic nitrogens is 1. The van der Waals surface area contributed by atoms with Crippen molar-refractivity contribution >= 4 is 42.4 Å². The average Bonchev–Trinajstić information content (AvgIpc) is 3.11. The van der Waals surface area contributed by atoms with Crippen LogP contribution < -0.4 is 10.9 Å². The molecule has 0 bridgehead atoms. The number of nitrogens with zero attached hydrogens (tertiary/aromatic N) is 1. The van der Waals surface area contributed by atoms with Gasteiger partial charge in [0, 0.05) is 6.42 Å². The lowest BCUT2D eigenvalue weighted by molar-refractivity contribution is -0.120. The van der Waals surface area contributed by atoms with Gasteiger partial charge in [-0.15, -0.1) is 0 Å². The molecule has 1 aromatic heterocycles. The standard InChI is InChI=1S/C20H22FN3O3S2/c1-2-3-4-14-5-10-17-18(13-14)28-20(22-17)24-23-19(25)11-12-29(26,27)16-8-6-15(21)7-9-16/h5-10,13H,2-4,11-12H2,1H3,(H,22,24)(H,23,25). The van der Waals surface area contributed by atoms with E-state index in [9.17, 15) is 17.6 Å². The molecule has 0 atom stereocenters. The molecule has 0 aliphatic carbocycles. The summed E-state index contributed by atoms with van der Waals surface area (Å²) in [5, 5.41) is 0.530. The van der Waals surface area contributed by atoms with Gasteiger partial charge < -0.3 is 0 Å². The van der Waals surface area contributed by atoms with Crippen molar-refractivity contribution in [2.24, 2.45) is 0 Å². The Kier molecular flexibility index (Phi) is 6.81. The van der Waals surface area contributed by atoms with Crippen LogP contribution in [0.15, 0.2) is 47.4 Å². The first kappa shape index (κ1) is 21.2. The summed E-state index contributed by atoms with van der Waals surface area (Å²) in [6.07, 6.45) is 3.06. The molecule has 0 saturated heterocycles. The van der Waals surface area contributed by atoms with E-state index in [-0.39, 0.29) is 17.1 Å². The van der Waals surface area contributed by atoms with Crippen molar-refractivity contribution < 1.29 is 17.6 Å². The molecular weight excluding hydrogens is 413 g/mol. The first-order valence-electron chi connectivity index (χ1n) is 9.30. The van der Waals surface area contributed by atoms with Gasteiger partial charge >= 0.3 is 0 Å². The molecule has 0 fully saturated rings. The van der Waals surface area contributed by atoms with Gasteiger partial charge in [-0.1, -0.05) is 30.7 Å². The van der Waals surface area contributed by atoms with Crippen molar-refractivity contribution in [3.8, 4) is 0 Å². The van der Waals surface area contributed by atoms with E-state index in [1.165, 1.54) is 29.0 Å². The number of nitrogens with one attached hydrogen (secondary N) is 2. The van der Waals surface area contributed by atoms with Crippen LogP contribution in [0.5, 0.6) is 0 Å². The van der Waals surface area contributed by atoms with Crippen LogP contribution in [0, 0.1) is 5.82 Å². The van der Waals surface area contributed by atoms with Gasteiger partial charge in [0.25, 0.3) is 0 Å². The molecule has 154 valence electrons. The number of halogens is 1. The largest absolute Gasteiger partial charge is 0.273 e. The second-order valence-electron chi connectivity index (χ2n) is 6.62. The zero-order chi connectivity index (χ0) is 20.9. The fourth-order valence-electron chi connectivity index (χ4n) is 2.73. The maximum Gasteiger partial charge on any atom is 0.239 e. The molecule has 1 heterocycles. The second-order valence-corrected chi connectivity index (χ2v) is 9.76. The highest BCUT2D eigenvalue weighted by Crippen LogP contribution is 2.27. The zero-order valence-electron chi connectivity index (χ0n) is 15.9. The van der Waals surface area contributed by atoms with Crippen LogP contribution in [0.1, 0.15) is 31.7 Å². The molecule has 1 amide bonds. The molecule has 29 heavy (non-hydrogen) atoms. The Hall–Kier alpha value is -2.52. The van der Waals surface area contributed by atoms with E-state index in [1.807, 2.05) is 6.07 Å². The van der Waals surface area contributed by atoms with Crippen molar-refractivity contribution in [2.45, 2.75) is 37.5 Å². The van der Waals surface area contributed by atoms with Crippen molar-refractivity contribution in [1.82, 2.24) is 10.4 Å². The van der Waals surface area contributed by atoms with Gasteiger partial charge in [0.15, 0.2) is 9.84 Å².